The molecule has 6 heteroatoms. The van der Waals surface area contributed by atoms with Crippen LogP contribution in [0, 0.1) is 5.92 Å². The number of hydrogen-bond acceptors (Lipinski definition) is 3. The fourth-order valence-electron chi connectivity index (χ4n) is 1.76. The number of nitrogens with two attached hydrogens (primary N) is 1. The summed E-state index contributed by atoms with van der Waals surface area (Å²) in [6.07, 6.45) is -3.43. The predicted molar refractivity (Wildman–Crippen MR) is 71.0 cm³/mol. The Balaban J connectivity index is 2.41. The van der Waals surface area contributed by atoms with E-state index in [4.69, 9.17) is 5.73 Å². The molecule has 0 radical (unpaired) electrons. The van der Waals surface area contributed by atoms with Crippen molar-refractivity contribution in [2.24, 2.45) is 11.7 Å². The lowest BCUT2D eigenvalue weighted by atomic mass is 10.0. The van der Waals surface area contributed by atoms with Crippen LogP contribution in [-0.4, -0.2) is 4.98 Å². The van der Waals surface area contributed by atoms with Crippen LogP contribution in [0.15, 0.2) is 18.2 Å². The number of hydrogen-bond donors (Lipinski definition) is 1. The first-order valence-electron chi connectivity index (χ1n) is 6.06. The average Bonchev–Trinajstić information content (AvgIpc) is 2.78. The highest BCUT2D eigenvalue weighted by atomic mass is 32.1. The number of rotatable bonds is 3. The van der Waals surface area contributed by atoms with E-state index in [0.29, 0.717) is 10.5 Å². The molecule has 0 fully saturated rings. The van der Waals surface area contributed by atoms with Crippen LogP contribution >= 0.6 is 11.3 Å². The molecule has 0 aliphatic rings. The summed E-state index contributed by atoms with van der Waals surface area (Å²) in [5.74, 6) is 0.252. The van der Waals surface area contributed by atoms with E-state index in [-0.39, 0.29) is 12.0 Å². The number of halogens is 3. The van der Waals surface area contributed by atoms with Crippen molar-refractivity contribution in [2.45, 2.75) is 32.5 Å². The lowest BCUT2D eigenvalue weighted by molar-refractivity contribution is -0.137. The minimum absolute atomic E-state index is 0.225. The van der Waals surface area contributed by atoms with Crippen LogP contribution in [0.1, 0.15) is 36.9 Å². The van der Waals surface area contributed by atoms with Gasteiger partial charge in [-0.15, -0.1) is 11.3 Å². The van der Waals surface area contributed by atoms with Crippen LogP contribution < -0.4 is 5.73 Å². The Labute approximate surface area is 113 Å². The fraction of sp³-hybridized carbons (Fsp3) is 0.462. The van der Waals surface area contributed by atoms with Crippen LogP contribution in [0.2, 0.25) is 0 Å². The highest BCUT2D eigenvalue weighted by Crippen LogP contribution is 2.34. The van der Waals surface area contributed by atoms with E-state index < -0.39 is 11.7 Å². The number of alkyl halides is 3. The Hall–Kier alpha value is -1.14. The molecule has 0 saturated heterocycles. The van der Waals surface area contributed by atoms with Gasteiger partial charge in [-0.3, -0.25) is 0 Å². The molecule has 0 spiro atoms. The van der Waals surface area contributed by atoms with Gasteiger partial charge in [0.25, 0.3) is 0 Å². The first-order chi connectivity index (χ1) is 8.82. The molecule has 0 aliphatic heterocycles. The normalized spacial score (nSPS) is 15.7. The third-order valence-electron chi connectivity index (χ3n) is 3.27. The molecule has 0 amide bonds. The van der Waals surface area contributed by atoms with Gasteiger partial charge in [0.15, 0.2) is 0 Å². The maximum atomic E-state index is 12.6. The topological polar surface area (TPSA) is 38.9 Å². The molecule has 0 aliphatic carbocycles. The number of aromatic nitrogens is 1. The van der Waals surface area contributed by atoms with Crippen molar-refractivity contribution in [1.82, 2.24) is 4.98 Å². The van der Waals surface area contributed by atoms with Gasteiger partial charge in [0.2, 0.25) is 0 Å². The second-order valence-corrected chi connectivity index (χ2v) is 5.71. The molecule has 1 aromatic heterocycles. The van der Waals surface area contributed by atoms with Crippen LogP contribution in [0.5, 0.6) is 0 Å². The fourth-order valence-corrected chi connectivity index (χ4v) is 2.84. The van der Waals surface area contributed by atoms with Crippen molar-refractivity contribution < 1.29 is 13.2 Å². The molecule has 2 atom stereocenters. The number of benzene rings is 1. The van der Waals surface area contributed by atoms with Gasteiger partial charge in [-0.2, -0.15) is 13.2 Å². The van der Waals surface area contributed by atoms with E-state index in [9.17, 15) is 13.2 Å². The Morgan fingerprint density at radius 2 is 2.05 bits per heavy atom. The molecule has 1 aromatic carbocycles. The summed E-state index contributed by atoms with van der Waals surface area (Å²) in [7, 11) is 0. The molecular formula is C13H15F3N2S. The zero-order valence-electron chi connectivity index (χ0n) is 10.7. The standard InChI is InChI=1S/C13H15F3N2S/c1-3-7(2)11(17)12-18-9-6-8(13(14,15)16)4-5-10(9)19-12/h4-7,11H,3,17H2,1-2H3. The van der Waals surface area contributed by atoms with Gasteiger partial charge in [0.05, 0.1) is 21.8 Å². The van der Waals surface area contributed by atoms with Gasteiger partial charge in [0, 0.05) is 0 Å². The summed E-state index contributed by atoms with van der Waals surface area (Å²) in [5.41, 5.74) is 5.76. The van der Waals surface area contributed by atoms with Crippen molar-refractivity contribution in [3.63, 3.8) is 0 Å². The van der Waals surface area contributed by atoms with E-state index in [1.54, 1.807) is 0 Å². The Morgan fingerprint density at radius 1 is 1.37 bits per heavy atom. The minimum Gasteiger partial charge on any atom is -0.322 e. The zero-order valence-corrected chi connectivity index (χ0v) is 11.5. The monoisotopic (exact) mass is 288 g/mol. The van der Waals surface area contributed by atoms with Gasteiger partial charge in [-0.05, 0) is 24.1 Å². The van der Waals surface area contributed by atoms with E-state index in [1.807, 2.05) is 13.8 Å². The molecule has 2 nitrogen and oxygen atoms in total. The molecule has 2 rings (SSSR count). The highest BCUT2D eigenvalue weighted by molar-refractivity contribution is 7.18. The van der Waals surface area contributed by atoms with Crippen LogP contribution in [0.4, 0.5) is 13.2 Å². The van der Waals surface area contributed by atoms with E-state index in [2.05, 4.69) is 4.98 Å². The van der Waals surface area contributed by atoms with Crippen molar-refractivity contribution in [2.75, 3.05) is 0 Å². The minimum atomic E-state index is -4.34. The highest BCUT2D eigenvalue weighted by Gasteiger charge is 2.31. The van der Waals surface area contributed by atoms with Crippen LogP contribution in [0.3, 0.4) is 0 Å². The molecule has 1 heterocycles. The van der Waals surface area contributed by atoms with Crippen molar-refractivity contribution in [3.05, 3.63) is 28.8 Å². The summed E-state index contributed by atoms with van der Waals surface area (Å²) in [6, 6.07) is 3.40. The Morgan fingerprint density at radius 3 is 2.63 bits per heavy atom. The number of thiazole rings is 1. The summed E-state index contributed by atoms with van der Waals surface area (Å²) >= 11 is 1.36. The molecule has 104 valence electrons. The molecule has 19 heavy (non-hydrogen) atoms. The SMILES string of the molecule is CCC(C)C(N)c1nc2cc(C(F)(F)F)ccc2s1. The summed E-state index contributed by atoms with van der Waals surface area (Å²) in [4.78, 5) is 4.25. The average molecular weight is 288 g/mol. The maximum Gasteiger partial charge on any atom is 0.416 e. The van der Waals surface area contributed by atoms with Gasteiger partial charge in [-0.25, -0.2) is 4.98 Å². The molecule has 2 N–H and O–H groups in total. The zero-order chi connectivity index (χ0) is 14.2. The predicted octanol–water partition coefficient (Wildman–Crippen LogP) is 4.36. The van der Waals surface area contributed by atoms with Gasteiger partial charge < -0.3 is 5.73 Å². The largest absolute Gasteiger partial charge is 0.416 e. The molecular weight excluding hydrogens is 273 g/mol. The van der Waals surface area contributed by atoms with E-state index in [0.717, 1.165) is 23.3 Å². The molecule has 2 unspecified atom stereocenters. The maximum absolute atomic E-state index is 12.6. The van der Waals surface area contributed by atoms with Crippen molar-refractivity contribution >= 4 is 21.6 Å². The lowest BCUT2D eigenvalue weighted by Gasteiger charge is -2.14. The lowest BCUT2D eigenvalue weighted by Crippen LogP contribution is -2.18. The Bertz CT molecular complexity index is 577. The molecule has 0 bridgehead atoms. The molecule has 2 aromatic rings. The Kier molecular flexibility index (Phi) is 3.82. The number of nitrogens with zero attached hydrogens (tertiary/aromatic N) is 1. The molecule has 0 saturated carbocycles. The number of fused-ring (bicyclic) bond motifs is 1. The van der Waals surface area contributed by atoms with Gasteiger partial charge in [-0.1, -0.05) is 20.3 Å². The second-order valence-electron chi connectivity index (χ2n) is 4.64. The summed E-state index contributed by atoms with van der Waals surface area (Å²) in [6.45, 7) is 4.04. The quantitative estimate of drug-likeness (QED) is 0.911. The van der Waals surface area contributed by atoms with Crippen molar-refractivity contribution in [3.8, 4) is 0 Å². The van der Waals surface area contributed by atoms with Crippen LogP contribution in [0.25, 0.3) is 10.2 Å². The third-order valence-corrected chi connectivity index (χ3v) is 4.41. The first-order valence-corrected chi connectivity index (χ1v) is 6.87. The van der Waals surface area contributed by atoms with E-state index >= 15 is 0 Å². The van der Waals surface area contributed by atoms with Crippen molar-refractivity contribution in [1.29, 1.82) is 0 Å². The van der Waals surface area contributed by atoms with E-state index in [1.165, 1.54) is 17.4 Å². The van der Waals surface area contributed by atoms with Gasteiger partial charge in [0.1, 0.15) is 5.01 Å². The summed E-state index contributed by atoms with van der Waals surface area (Å²) < 4.78 is 38.6. The summed E-state index contributed by atoms with van der Waals surface area (Å²) in [5, 5.41) is 0.698. The van der Waals surface area contributed by atoms with Crippen LogP contribution in [-0.2, 0) is 6.18 Å². The first kappa shape index (κ1) is 14.3. The smallest absolute Gasteiger partial charge is 0.322 e. The second kappa shape index (κ2) is 5.09. The van der Waals surface area contributed by atoms with Gasteiger partial charge >= 0.3 is 6.18 Å². The third kappa shape index (κ3) is 2.90.